The molecule has 136 valence electrons. The van der Waals surface area contributed by atoms with Crippen LogP contribution < -0.4 is 10.9 Å². The molecule has 2 rings (SSSR count). The van der Waals surface area contributed by atoms with E-state index in [0.717, 1.165) is 12.1 Å². The number of hydrogen-bond acceptors (Lipinski definition) is 4. The van der Waals surface area contributed by atoms with Crippen molar-refractivity contribution in [2.24, 2.45) is 5.10 Å². The average molecular weight is 365 g/mol. The molecule has 0 unspecified atom stereocenters. The Morgan fingerprint density at radius 3 is 2.42 bits per heavy atom. The van der Waals surface area contributed by atoms with Crippen LogP contribution in [0, 0.1) is 6.92 Å². The third kappa shape index (κ3) is 4.45. The Hall–Kier alpha value is -3.20. The smallest absolute Gasteiger partial charge is 0.288 e. The molecule has 0 aliphatic carbocycles. The van der Waals surface area contributed by atoms with Crippen molar-refractivity contribution in [2.75, 3.05) is 0 Å². The number of carbonyl (C=O) groups excluding carboxylic acids is 2. The molecule has 0 aromatic heterocycles. The third-order valence-corrected chi connectivity index (χ3v) is 3.48. The molecular weight excluding hydrogens is 351 g/mol. The van der Waals surface area contributed by atoms with E-state index in [4.69, 9.17) is 5.21 Å². The molecule has 0 heterocycles. The van der Waals surface area contributed by atoms with Crippen LogP contribution in [0.5, 0.6) is 0 Å². The molecule has 2 amide bonds. The number of hydroxylamine groups is 1. The van der Waals surface area contributed by atoms with Gasteiger partial charge in [0.2, 0.25) is 0 Å². The zero-order chi connectivity index (χ0) is 19.3. The van der Waals surface area contributed by atoms with Crippen molar-refractivity contribution in [1.82, 2.24) is 10.9 Å². The quantitative estimate of drug-likeness (QED) is 0.442. The van der Waals surface area contributed by atoms with Gasteiger partial charge in [-0.2, -0.15) is 18.3 Å². The summed E-state index contributed by atoms with van der Waals surface area (Å²) in [6.07, 6.45) is -3.42. The first-order valence-corrected chi connectivity index (χ1v) is 7.28. The summed E-state index contributed by atoms with van der Waals surface area (Å²) in [5, 5.41) is 12.2. The highest BCUT2D eigenvalue weighted by Gasteiger charge is 2.34. The van der Waals surface area contributed by atoms with Gasteiger partial charge in [0.15, 0.2) is 0 Å². The average Bonchev–Trinajstić information content (AvgIpc) is 2.61. The van der Waals surface area contributed by atoms with Crippen LogP contribution in [0.3, 0.4) is 0 Å². The highest BCUT2D eigenvalue weighted by atomic mass is 19.4. The van der Waals surface area contributed by atoms with Crippen molar-refractivity contribution >= 4 is 18.0 Å². The van der Waals surface area contributed by atoms with E-state index in [9.17, 15) is 22.8 Å². The number of aryl methyl sites for hydroxylation is 1. The lowest BCUT2D eigenvalue weighted by molar-refractivity contribution is -0.137. The van der Waals surface area contributed by atoms with E-state index in [1.807, 2.05) is 5.43 Å². The Kier molecular flexibility index (Phi) is 5.73. The van der Waals surface area contributed by atoms with Gasteiger partial charge in [-0.3, -0.25) is 14.8 Å². The largest absolute Gasteiger partial charge is 0.417 e. The summed E-state index contributed by atoms with van der Waals surface area (Å²) in [6, 6.07) is 8.79. The molecular formula is C17H14F3N3O3. The molecule has 0 saturated carbocycles. The minimum absolute atomic E-state index is 0.213. The first-order chi connectivity index (χ1) is 12.2. The lowest BCUT2D eigenvalue weighted by atomic mass is 10.1. The Morgan fingerprint density at radius 1 is 1.12 bits per heavy atom. The number of carbonyl (C=O) groups is 2. The summed E-state index contributed by atoms with van der Waals surface area (Å²) < 4.78 is 38.7. The van der Waals surface area contributed by atoms with Crippen LogP contribution in [-0.2, 0) is 6.18 Å². The molecule has 0 aliphatic heterocycles. The summed E-state index contributed by atoms with van der Waals surface area (Å²) in [4.78, 5) is 23.3. The van der Waals surface area contributed by atoms with Crippen LogP contribution >= 0.6 is 0 Å². The maximum atomic E-state index is 12.9. The summed E-state index contributed by atoms with van der Waals surface area (Å²) in [6.45, 7) is 1.66. The van der Waals surface area contributed by atoms with Gasteiger partial charge in [0.1, 0.15) is 0 Å². The van der Waals surface area contributed by atoms with Crippen LogP contribution in [0.1, 0.15) is 37.4 Å². The van der Waals surface area contributed by atoms with Crippen LogP contribution in [0.4, 0.5) is 13.2 Å². The second-order valence-corrected chi connectivity index (χ2v) is 5.25. The van der Waals surface area contributed by atoms with Gasteiger partial charge >= 0.3 is 6.18 Å². The van der Waals surface area contributed by atoms with Crippen LogP contribution in [0.25, 0.3) is 0 Å². The standard InChI is InChI=1S/C17H14F3N3O3/c1-10-8-11(15(24)23-26)6-7-12(10)9-21-22-16(25)13-4-2-3-5-14(13)17(18,19)20/h2-9,26H,1H3,(H,22,25)(H,23,24)/b21-9+. The lowest BCUT2D eigenvalue weighted by Gasteiger charge is -2.11. The molecule has 6 nitrogen and oxygen atoms in total. The van der Waals surface area contributed by atoms with Crippen molar-refractivity contribution in [1.29, 1.82) is 0 Å². The topological polar surface area (TPSA) is 90.8 Å². The van der Waals surface area contributed by atoms with Crippen molar-refractivity contribution < 1.29 is 28.0 Å². The molecule has 0 aliphatic rings. The Balaban J connectivity index is 2.15. The fraction of sp³-hybridized carbons (Fsp3) is 0.118. The molecule has 0 saturated heterocycles. The first kappa shape index (κ1) is 19.1. The number of benzene rings is 2. The molecule has 9 heteroatoms. The Bertz CT molecular complexity index is 864. The maximum Gasteiger partial charge on any atom is 0.417 e. The second kappa shape index (κ2) is 7.79. The summed E-state index contributed by atoms with van der Waals surface area (Å²) in [7, 11) is 0. The van der Waals surface area contributed by atoms with E-state index in [-0.39, 0.29) is 5.56 Å². The number of nitrogens with one attached hydrogen (secondary N) is 2. The normalized spacial score (nSPS) is 11.4. The van der Waals surface area contributed by atoms with E-state index >= 15 is 0 Å². The first-order valence-electron chi connectivity index (χ1n) is 7.28. The van der Waals surface area contributed by atoms with Gasteiger partial charge in [0, 0.05) is 5.56 Å². The third-order valence-electron chi connectivity index (χ3n) is 3.48. The SMILES string of the molecule is Cc1cc(C(=O)NO)ccc1/C=N/NC(=O)c1ccccc1C(F)(F)F. The van der Waals surface area contributed by atoms with E-state index < -0.39 is 29.1 Å². The summed E-state index contributed by atoms with van der Waals surface area (Å²) in [5.41, 5.74) is 3.31. The molecule has 2 aromatic rings. The number of halogens is 3. The van der Waals surface area contributed by atoms with E-state index in [1.54, 1.807) is 6.92 Å². The van der Waals surface area contributed by atoms with Crippen LogP contribution in [0.2, 0.25) is 0 Å². The minimum atomic E-state index is -4.66. The van der Waals surface area contributed by atoms with Gasteiger partial charge in [0.25, 0.3) is 11.8 Å². The Labute approximate surface area is 146 Å². The molecule has 0 atom stereocenters. The zero-order valence-electron chi connectivity index (χ0n) is 13.5. The molecule has 0 fully saturated rings. The van der Waals surface area contributed by atoms with Gasteiger partial charge in [-0.05, 0) is 42.3 Å². The van der Waals surface area contributed by atoms with Gasteiger partial charge in [-0.25, -0.2) is 10.9 Å². The number of rotatable bonds is 4. The van der Waals surface area contributed by atoms with Crippen molar-refractivity contribution in [3.8, 4) is 0 Å². The number of hydrazone groups is 1. The molecule has 0 spiro atoms. The predicted octanol–water partition coefficient (Wildman–Crippen LogP) is 2.90. The minimum Gasteiger partial charge on any atom is -0.288 e. The Morgan fingerprint density at radius 2 is 1.81 bits per heavy atom. The van der Waals surface area contributed by atoms with Crippen molar-refractivity contribution in [3.63, 3.8) is 0 Å². The van der Waals surface area contributed by atoms with E-state index in [1.165, 1.54) is 42.0 Å². The predicted molar refractivity (Wildman–Crippen MR) is 86.9 cm³/mol. The monoisotopic (exact) mass is 365 g/mol. The zero-order valence-corrected chi connectivity index (χ0v) is 13.5. The highest BCUT2D eigenvalue weighted by molar-refractivity contribution is 5.97. The summed E-state index contributed by atoms with van der Waals surface area (Å²) in [5.74, 6) is -1.68. The number of amides is 2. The van der Waals surface area contributed by atoms with Crippen LogP contribution in [-0.4, -0.2) is 23.2 Å². The molecule has 3 N–H and O–H groups in total. The van der Waals surface area contributed by atoms with Gasteiger partial charge in [-0.15, -0.1) is 0 Å². The van der Waals surface area contributed by atoms with Gasteiger partial charge in [0.05, 0.1) is 17.3 Å². The number of hydrogen-bond donors (Lipinski definition) is 3. The lowest BCUT2D eigenvalue weighted by Crippen LogP contribution is -2.22. The molecule has 0 radical (unpaired) electrons. The fourth-order valence-corrected chi connectivity index (χ4v) is 2.18. The summed E-state index contributed by atoms with van der Waals surface area (Å²) >= 11 is 0. The fourth-order valence-electron chi connectivity index (χ4n) is 2.18. The molecule has 0 bridgehead atoms. The van der Waals surface area contributed by atoms with E-state index in [2.05, 4.69) is 5.10 Å². The number of alkyl halides is 3. The van der Waals surface area contributed by atoms with Gasteiger partial charge < -0.3 is 0 Å². The maximum absolute atomic E-state index is 12.9. The molecule has 2 aromatic carbocycles. The van der Waals surface area contributed by atoms with E-state index in [0.29, 0.717) is 11.1 Å². The van der Waals surface area contributed by atoms with Crippen molar-refractivity contribution in [2.45, 2.75) is 13.1 Å². The van der Waals surface area contributed by atoms with Gasteiger partial charge in [-0.1, -0.05) is 18.2 Å². The highest BCUT2D eigenvalue weighted by Crippen LogP contribution is 2.31. The van der Waals surface area contributed by atoms with Crippen molar-refractivity contribution in [3.05, 3.63) is 70.3 Å². The molecule has 26 heavy (non-hydrogen) atoms. The second-order valence-electron chi connectivity index (χ2n) is 5.25. The van der Waals surface area contributed by atoms with Crippen LogP contribution in [0.15, 0.2) is 47.6 Å². The number of nitrogens with zero attached hydrogens (tertiary/aromatic N) is 1.